The van der Waals surface area contributed by atoms with E-state index in [9.17, 15) is 0 Å². The van der Waals surface area contributed by atoms with Gasteiger partial charge in [0.05, 0.1) is 0 Å². The van der Waals surface area contributed by atoms with Gasteiger partial charge in [0.2, 0.25) is 0 Å². The predicted octanol–water partition coefficient (Wildman–Crippen LogP) is 3.45. The second-order valence-corrected chi connectivity index (χ2v) is 5.72. The largest absolute Gasteiger partial charge is 0.271 e. The zero-order valence-electron chi connectivity index (χ0n) is 9.67. The molecule has 3 heteroatoms. The number of halogens is 1. The molecule has 1 aliphatic rings. The van der Waals surface area contributed by atoms with Gasteiger partial charge < -0.3 is 0 Å². The van der Waals surface area contributed by atoms with E-state index in [1.165, 1.54) is 30.4 Å². The molecule has 0 amide bonds. The molecule has 2 nitrogen and oxygen atoms in total. The van der Waals surface area contributed by atoms with Crippen LogP contribution in [0.15, 0.2) is 22.7 Å². The topological polar surface area (TPSA) is 38.0 Å². The van der Waals surface area contributed by atoms with Gasteiger partial charge in [0, 0.05) is 10.5 Å². The number of hydrazine groups is 1. The first-order valence-electron chi connectivity index (χ1n) is 5.92. The molecule has 1 aliphatic carbocycles. The third-order valence-electron chi connectivity index (χ3n) is 3.23. The van der Waals surface area contributed by atoms with Crippen LogP contribution in [-0.2, 0) is 0 Å². The van der Waals surface area contributed by atoms with Crippen LogP contribution in [0.1, 0.15) is 42.9 Å². The second-order valence-electron chi connectivity index (χ2n) is 4.80. The molecule has 0 radical (unpaired) electrons. The fourth-order valence-corrected chi connectivity index (χ4v) is 2.75. The lowest BCUT2D eigenvalue weighted by Gasteiger charge is -2.17. The SMILES string of the molecule is Cc1cc(Br)cc(C(CCC2CC2)NN)c1. The van der Waals surface area contributed by atoms with E-state index in [1.54, 1.807) is 0 Å². The van der Waals surface area contributed by atoms with E-state index in [4.69, 9.17) is 5.84 Å². The minimum absolute atomic E-state index is 0.289. The van der Waals surface area contributed by atoms with Crippen molar-refractivity contribution in [1.29, 1.82) is 0 Å². The summed E-state index contributed by atoms with van der Waals surface area (Å²) in [4.78, 5) is 0. The Labute approximate surface area is 106 Å². The first-order chi connectivity index (χ1) is 7.69. The Morgan fingerprint density at radius 3 is 2.75 bits per heavy atom. The molecular weight excluding hydrogens is 264 g/mol. The van der Waals surface area contributed by atoms with E-state index in [0.717, 1.165) is 16.8 Å². The summed E-state index contributed by atoms with van der Waals surface area (Å²) in [5, 5.41) is 0. The molecule has 1 saturated carbocycles. The molecule has 1 fully saturated rings. The summed E-state index contributed by atoms with van der Waals surface area (Å²) in [5.41, 5.74) is 5.50. The maximum atomic E-state index is 5.65. The predicted molar refractivity (Wildman–Crippen MR) is 70.9 cm³/mol. The Bertz CT molecular complexity index is 341. The van der Waals surface area contributed by atoms with E-state index in [2.05, 4.69) is 46.5 Å². The normalized spacial score (nSPS) is 17.4. The zero-order valence-corrected chi connectivity index (χ0v) is 11.3. The first-order valence-corrected chi connectivity index (χ1v) is 6.71. The van der Waals surface area contributed by atoms with Crippen LogP contribution in [-0.4, -0.2) is 0 Å². The van der Waals surface area contributed by atoms with Crippen LogP contribution in [0.25, 0.3) is 0 Å². The van der Waals surface area contributed by atoms with Gasteiger partial charge in [-0.1, -0.05) is 34.8 Å². The summed E-state index contributed by atoms with van der Waals surface area (Å²) in [7, 11) is 0. The number of rotatable bonds is 5. The summed E-state index contributed by atoms with van der Waals surface area (Å²) in [6.07, 6.45) is 5.25. The van der Waals surface area contributed by atoms with Crippen molar-refractivity contribution in [3.63, 3.8) is 0 Å². The molecule has 0 aromatic heterocycles. The van der Waals surface area contributed by atoms with Crippen molar-refractivity contribution in [2.45, 2.75) is 38.6 Å². The number of aryl methyl sites for hydroxylation is 1. The van der Waals surface area contributed by atoms with Crippen LogP contribution >= 0.6 is 15.9 Å². The van der Waals surface area contributed by atoms with Crippen molar-refractivity contribution >= 4 is 15.9 Å². The average Bonchev–Trinajstić information content (AvgIpc) is 3.01. The summed E-state index contributed by atoms with van der Waals surface area (Å²) in [6, 6.07) is 6.78. The Hall–Kier alpha value is -0.380. The lowest BCUT2D eigenvalue weighted by molar-refractivity contribution is 0.481. The van der Waals surface area contributed by atoms with Gasteiger partial charge in [0.1, 0.15) is 0 Å². The Morgan fingerprint density at radius 1 is 1.44 bits per heavy atom. The fourth-order valence-electron chi connectivity index (χ4n) is 2.12. The quantitative estimate of drug-likeness (QED) is 0.641. The van der Waals surface area contributed by atoms with Gasteiger partial charge in [-0.3, -0.25) is 11.3 Å². The molecule has 1 atom stereocenters. The summed E-state index contributed by atoms with van der Waals surface area (Å²) < 4.78 is 1.13. The standard InChI is InChI=1S/C13H19BrN2/c1-9-6-11(8-12(14)7-9)13(16-15)5-4-10-2-3-10/h6-8,10,13,16H,2-5,15H2,1H3. The summed E-state index contributed by atoms with van der Waals surface area (Å²) in [5.74, 6) is 6.61. The van der Waals surface area contributed by atoms with Gasteiger partial charge in [-0.2, -0.15) is 0 Å². The average molecular weight is 283 g/mol. The molecule has 2 rings (SSSR count). The van der Waals surface area contributed by atoms with Gasteiger partial charge in [-0.05, 0) is 48.9 Å². The van der Waals surface area contributed by atoms with Crippen LogP contribution in [0.2, 0.25) is 0 Å². The molecule has 0 aliphatic heterocycles. The number of nitrogens with two attached hydrogens (primary N) is 1. The fraction of sp³-hybridized carbons (Fsp3) is 0.538. The van der Waals surface area contributed by atoms with E-state index < -0.39 is 0 Å². The molecule has 0 heterocycles. The Kier molecular flexibility index (Phi) is 4.00. The highest BCUT2D eigenvalue weighted by atomic mass is 79.9. The van der Waals surface area contributed by atoms with Crippen LogP contribution in [0, 0.1) is 12.8 Å². The molecule has 16 heavy (non-hydrogen) atoms. The van der Waals surface area contributed by atoms with Crippen molar-refractivity contribution in [3.8, 4) is 0 Å². The third kappa shape index (κ3) is 3.30. The highest BCUT2D eigenvalue weighted by molar-refractivity contribution is 9.10. The van der Waals surface area contributed by atoms with Crippen LogP contribution in [0.3, 0.4) is 0 Å². The summed E-state index contributed by atoms with van der Waals surface area (Å²) >= 11 is 3.53. The zero-order chi connectivity index (χ0) is 11.5. The van der Waals surface area contributed by atoms with Crippen molar-refractivity contribution in [1.82, 2.24) is 5.43 Å². The molecule has 0 spiro atoms. The maximum Gasteiger partial charge on any atom is 0.0460 e. The van der Waals surface area contributed by atoms with Crippen molar-refractivity contribution in [3.05, 3.63) is 33.8 Å². The number of benzene rings is 1. The van der Waals surface area contributed by atoms with Gasteiger partial charge in [0.15, 0.2) is 0 Å². The molecule has 1 aromatic carbocycles. The molecule has 3 N–H and O–H groups in total. The van der Waals surface area contributed by atoms with Gasteiger partial charge in [-0.15, -0.1) is 0 Å². The van der Waals surface area contributed by atoms with E-state index in [-0.39, 0.29) is 6.04 Å². The van der Waals surface area contributed by atoms with Crippen molar-refractivity contribution in [2.75, 3.05) is 0 Å². The third-order valence-corrected chi connectivity index (χ3v) is 3.69. The second kappa shape index (κ2) is 5.30. The Balaban J connectivity index is 2.04. The Morgan fingerprint density at radius 2 is 2.19 bits per heavy atom. The van der Waals surface area contributed by atoms with Crippen molar-refractivity contribution in [2.24, 2.45) is 11.8 Å². The lowest BCUT2D eigenvalue weighted by Crippen LogP contribution is -2.28. The van der Waals surface area contributed by atoms with Crippen LogP contribution < -0.4 is 11.3 Å². The van der Waals surface area contributed by atoms with Crippen LogP contribution in [0.5, 0.6) is 0 Å². The number of hydrogen-bond acceptors (Lipinski definition) is 2. The molecule has 88 valence electrons. The summed E-state index contributed by atoms with van der Waals surface area (Å²) in [6.45, 7) is 2.11. The minimum Gasteiger partial charge on any atom is -0.271 e. The van der Waals surface area contributed by atoms with E-state index >= 15 is 0 Å². The molecular formula is C13H19BrN2. The molecule has 0 saturated heterocycles. The monoisotopic (exact) mass is 282 g/mol. The van der Waals surface area contributed by atoms with Crippen LogP contribution in [0.4, 0.5) is 0 Å². The smallest absolute Gasteiger partial charge is 0.0460 e. The maximum absolute atomic E-state index is 5.65. The molecule has 1 aromatic rings. The minimum atomic E-state index is 0.289. The molecule has 1 unspecified atom stereocenters. The highest BCUT2D eigenvalue weighted by Gasteiger charge is 2.22. The lowest BCUT2D eigenvalue weighted by atomic mass is 9.99. The highest BCUT2D eigenvalue weighted by Crippen LogP contribution is 2.36. The molecule has 0 bridgehead atoms. The van der Waals surface area contributed by atoms with Gasteiger partial charge in [0.25, 0.3) is 0 Å². The van der Waals surface area contributed by atoms with Gasteiger partial charge >= 0.3 is 0 Å². The number of hydrogen-bond donors (Lipinski definition) is 2. The van der Waals surface area contributed by atoms with Gasteiger partial charge in [-0.25, -0.2) is 0 Å². The van der Waals surface area contributed by atoms with E-state index in [1.807, 2.05) is 0 Å². The van der Waals surface area contributed by atoms with Crippen molar-refractivity contribution < 1.29 is 0 Å². The van der Waals surface area contributed by atoms with E-state index in [0.29, 0.717) is 0 Å². The number of nitrogens with one attached hydrogen (secondary N) is 1. The first kappa shape index (κ1) is 12.1.